The van der Waals surface area contributed by atoms with E-state index in [9.17, 15) is 9.59 Å². The first-order chi connectivity index (χ1) is 27.2. The van der Waals surface area contributed by atoms with Gasteiger partial charge in [0.1, 0.15) is 0 Å². The van der Waals surface area contributed by atoms with Crippen molar-refractivity contribution in [3.63, 3.8) is 0 Å². The summed E-state index contributed by atoms with van der Waals surface area (Å²) in [4.78, 5) is 30.0. The van der Waals surface area contributed by atoms with Crippen LogP contribution in [0.2, 0.25) is 0 Å². The number of methoxy groups -OCH3 is 6. The summed E-state index contributed by atoms with van der Waals surface area (Å²) in [6.07, 6.45) is 5.76. The van der Waals surface area contributed by atoms with Crippen LogP contribution >= 0.6 is 0 Å². The Morgan fingerprint density at radius 3 is 1.18 bits per heavy atom. The predicted molar refractivity (Wildman–Crippen MR) is 232 cm³/mol. The minimum absolute atomic E-state index is 0.0439. The SMILES string of the molecule is CC/C(=C\c1cc(OC)c(OC)c(OC)c1)C(=O)c1ccc(N(C)C)c(N)c1.CCC/C(=C\c1cc(OC)c(OC)c(OC)c1)C(=O)c1ccc(N(C)C)c(N)c1. The van der Waals surface area contributed by atoms with Gasteiger partial charge in [0, 0.05) is 50.5 Å². The van der Waals surface area contributed by atoms with Crippen molar-refractivity contribution in [2.45, 2.75) is 33.1 Å². The molecule has 4 rings (SSSR count). The molecule has 0 aliphatic heterocycles. The number of hydrogen-bond acceptors (Lipinski definition) is 12. The second-order valence-electron chi connectivity index (χ2n) is 13.4. The Morgan fingerprint density at radius 1 is 0.544 bits per heavy atom. The highest BCUT2D eigenvalue weighted by atomic mass is 16.5. The number of carbonyl (C=O) groups is 2. The fraction of sp³-hybridized carbons (Fsp3) is 0.333. The summed E-state index contributed by atoms with van der Waals surface area (Å²) in [6.45, 7) is 3.99. The number of benzene rings is 4. The Labute approximate surface area is 337 Å². The predicted octanol–water partition coefficient (Wildman–Crippen LogP) is 8.46. The molecular weight excluding hydrogens is 725 g/mol. The van der Waals surface area contributed by atoms with Gasteiger partial charge in [-0.05, 0) is 96.8 Å². The first kappa shape index (κ1) is 45.1. The molecule has 306 valence electrons. The quantitative estimate of drug-likeness (QED) is 0.0602. The fourth-order valence-corrected chi connectivity index (χ4v) is 6.20. The van der Waals surface area contributed by atoms with Crippen LogP contribution in [0.15, 0.2) is 71.8 Å². The van der Waals surface area contributed by atoms with Crippen molar-refractivity contribution >= 4 is 46.5 Å². The van der Waals surface area contributed by atoms with Crippen LogP contribution < -0.4 is 49.7 Å². The van der Waals surface area contributed by atoms with Crippen LogP contribution in [-0.2, 0) is 0 Å². The highest BCUT2D eigenvalue weighted by molar-refractivity contribution is 6.13. The molecule has 0 fully saturated rings. The Balaban J connectivity index is 0.000000306. The van der Waals surface area contributed by atoms with E-state index in [0.717, 1.165) is 28.9 Å². The second kappa shape index (κ2) is 21.1. The molecular formula is C45H58N4O8. The maximum atomic E-state index is 13.2. The molecule has 12 nitrogen and oxygen atoms in total. The molecule has 0 aromatic heterocycles. The van der Waals surface area contributed by atoms with Crippen LogP contribution in [0.4, 0.5) is 22.7 Å². The first-order valence-corrected chi connectivity index (χ1v) is 18.5. The number of anilines is 4. The lowest BCUT2D eigenvalue weighted by Gasteiger charge is -2.16. The molecule has 0 heterocycles. The largest absolute Gasteiger partial charge is 0.493 e. The molecule has 4 aromatic carbocycles. The molecule has 0 saturated carbocycles. The molecule has 12 heteroatoms. The molecule has 0 spiro atoms. The lowest BCUT2D eigenvalue weighted by molar-refractivity contribution is 0.102. The smallest absolute Gasteiger partial charge is 0.203 e. The number of nitrogens with zero attached hydrogens (tertiary/aromatic N) is 2. The third-order valence-electron chi connectivity index (χ3n) is 9.08. The average molecular weight is 783 g/mol. The standard InChI is InChI=1S/C23H30N2O4.C22H28N2O4/c1-7-8-16(22(26)17-9-10-19(25(2)3)18(24)14-17)11-15-12-20(27-4)23(29-6)21(13-15)28-5;1-7-15(21(25)16-8-9-18(24(2)3)17(23)13-16)10-14-11-19(26-4)22(28-6)20(12-14)27-5/h9-14H,7-8,24H2,1-6H3;8-13H,7,23H2,1-6H3/b16-11+;15-10+. The molecule has 0 aliphatic carbocycles. The van der Waals surface area contributed by atoms with Crippen LogP contribution in [0.25, 0.3) is 12.2 Å². The zero-order valence-electron chi connectivity index (χ0n) is 35.4. The van der Waals surface area contributed by atoms with Gasteiger partial charge in [-0.15, -0.1) is 0 Å². The number of allylic oxidation sites excluding steroid dienone is 2. The number of carbonyl (C=O) groups excluding carboxylic acids is 2. The summed E-state index contributed by atoms with van der Waals surface area (Å²) in [5.41, 5.74) is 19.2. The monoisotopic (exact) mass is 782 g/mol. The van der Waals surface area contributed by atoms with Crippen molar-refractivity contribution in [1.82, 2.24) is 0 Å². The molecule has 0 unspecified atom stereocenters. The lowest BCUT2D eigenvalue weighted by atomic mass is 9.96. The van der Waals surface area contributed by atoms with Crippen molar-refractivity contribution in [2.24, 2.45) is 0 Å². The molecule has 4 aromatic rings. The summed E-state index contributed by atoms with van der Waals surface area (Å²) >= 11 is 0. The summed E-state index contributed by atoms with van der Waals surface area (Å²) in [5.74, 6) is 3.08. The first-order valence-electron chi connectivity index (χ1n) is 18.5. The number of ether oxygens (including phenoxy) is 6. The van der Waals surface area contributed by atoms with E-state index in [1.54, 1.807) is 60.9 Å². The van der Waals surface area contributed by atoms with Crippen LogP contribution in [0.3, 0.4) is 0 Å². The van der Waals surface area contributed by atoms with E-state index in [0.29, 0.717) is 81.0 Å². The number of ketones is 2. The minimum Gasteiger partial charge on any atom is -0.493 e. The third-order valence-corrected chi connectivity index (χ3v) is 9.08. The van der Waals surface area contributed by atoms with Gasteiger partial charge in [-0.1, -0.05) is 20.3 Å². The summed E-state index contributed by atoms with van der Waals surface area (Å²) in [7, 11) is 17.0. The van der Waals surface area contributed by atoms with Crippen LogP contribution in [-0.4, -0.2) is 82.4 Å². The van der Waals surface area contributed by atoms with Gasteiger partial charge < -0.3 is 49.7 Å². The number of nitrogens with two attached hydrogens (primary N) is 2. The van der Waals surface area contributed by atoms with E-state index < -0.39 is 0 Å². The van der Waals surface area contributed by atoms with Crippen LogP contribution in [0.1, 0.15) is 65.0 Å². The Bertz CT molecular complexity index is 2040. The molecule has 57 heavy (non-hydrogen) atoms. The van der Waals surface area contributed by atoms with E-state index in [-0.39, 0.29) is 11.6 Å². The highest BCUT2D eigenvalue weighted by Crippen LogP contribution is 2.40. The van der Waals surface area contributed by atoms with E-state index >= 15 is 0 Å². The van der Waals surface area contributed by atoms with Gasteiger partial charge in [-0.3, -0.25) is 9.59 Å². The molecule has 0 aliphatic rings. The van der Waals surface area contributed by atoms with Gasteiger partial charge in [0.15, 0.2) is 34.6 Å². The Morgan fingerprint density at radius 2 is 0.895 bits per heavy atom. The zero-order chi connectivity index (χ0) is 42.4. The number of Topliss-reactive ketones (excluding diaryl/α,β-unsaturated/α-hetero) is 2. The van der Waals surface area contributed by atoms with Crippen LogP contribution in [0, 0.1) is 0 Å². The van der Waals surface area contributed by atoms with E-state index in [4.69, 9.17) is 39.9 Å². The van der Waals surface area contributed by atoms with Gasteiger partial charge in [0.2, 0.25) is 11.5 Å². The lowest BCUT2D eigenvalue weighted by Crippen LogP contribution is -2.12. The van der Waals surface area contributed by atoms with E-state index in [1.165, 1.54) is 0 Å². The average Bonchev–Trinajstić information content (AvgIpc) is 3.20. The molecule has 0 radical (unpaired) electrons. The Hall–Kier alpha value is -6.30. The van der Waals surface area contributed by atoms with Crippen molar-refractivity contribution in [1.29, 1.82) is 0 Å². The highest BCUT2D eigenvalue weighted by Gasteiger charge is 2.18. The van der Waals surface area contributed by atoms with Gasteiger partial charge in [-0.25, -0.2) is 0 Å². The summed E-state index contributed by atoms with van der Waals surface area (Å²) in [6, 6.07) is 18.1. The van der Waals surface area contributed by atoms with E-state index in [1.807, 2.05) is 106 Å². The number of nitrogen functional groups attached to an aromatic ring is 2. The number of rotatable bonds is 17. The van der Waals surface area contributed by atoms with E-state index in [2.05, 4.69) is 0 Å². The second-order valence-corrected chi connectivity index (χ2v) is 13.4. The van der Waals surface area contributed by atoms with Crippen molar-refractivity contribution in [2.75, 3.05) is 92.1 Å². The Kier molecular flexibility index (Phi) is 16.7. The fourth-order valence-electron chi connectivity index (χ4n) is 6.20. The molecule has 0 saturated heterocycles. The van der Waals surface area contributed by atoms with Gasteiger partial charge >= 0.3 is 0 Å². The van der Waals surface area contributed by atoms with Gasteiger partial charge in [0.05, 0.1) is 65.4 Å². The number of hydrogen-bond donors (Lipinski definition) is 2. The molecule has 4 N–H and O–H groups in total. The van der Waals surface area contributed by atoms with Crippen LogP contribution in [0.5, 0.6) is 34.5 Å². The summed E-state index contributed by atoms with van der Waals surface area (Å²) in [5, 5.41) is 0. The van der Waals surface area contributed by atoms with Crippen molar-refractivity contribution in [3.8, 4) is 34.5 Å². The zero-order valence-corrected chi connectivity index (χ0v) is 35.4. The molecule has 0 atom stereocenters. The molecule has 0 bridgehead atoms. The van der Waals surface area contributed by atoms with Gasteiger partial charge in [0.25, 0.3) is 0 Å². The van der Waals surface area contributed by atoms with Crippen molar-refractivity contribution < 1.29 is 38.0 Å². The molecule has 0 amide bonds. The third kappa shape index (κ3) is 11.2. The maximum Gasteiger partial charge on any atom is 0.203 e. The van der Waals surface area contributed by atoms with Crippen molar-refractivity contribution in [3.05, 3.63) is 94.1 Å². The van der Waals surface area contributed by atoms with Gasteiger partial charge in [-0.2, -0.15) is 0 Å². The normalized spacial score (nSPS) is 11.2. The topological polar surface area (TPSA) is 148 Å². The maximum absolute atomic E-state index is 13.2. The minimum atomic E-state index is -0.0618. The summed E-state index contributed by atoms with van der Waals surface area (Å²) < 4.78 is 32.3.